The molecule has 0 bridgehead atoms. The number of nitrogens with one attached hydrogen (secondary N) is 1. The fourth-order valence-corrected chi connectivity index (χ4v) is 2.98. The molecule has 0 aliphatic carbocycles. The van der Waals surface area contributed by atoms with E-state index < -0.39 is 11.9 Å². The van der Waals surface area contributed by atoms with Gasteiger partial charge < -0.3 is 15.0 Å². The number of aromatic nitrogens is 1. The smallest absolute Gasteiger partial charge is 0.312 e. The van der Waals surface area contributed by atoms with Crippen LogP contribution in [0.4, 0.5) is 0 Å². The molecule has 1 aromatic carbocycles. The second-order valence-corrected chi connectivity index (χ2v) is 5.91. The number of carboxylic acid groups (broad SMARTS) is 1. The molecule has 7 heteroatoms. The minimum absolute atomic E-state index is 0.111. The van der Waals surface area contributed by atoms with E-state index in [1.54, 1.807) is 12.1 Å². The van der Waals surface area contributed by atoms with E-state index in [4.69, 9.17) is 23.2 Å². The van der Waals surface area contributed by atoms with E-state index in [2.05, 4.69) is 4.98 Å². The van der Waals surface area contributed by atoms with Gasteiger partial charge in [-0.05, 0) is 17.2 Å². The van der Waals surface area contributed by atoms with Gasteiger partial charge in [0.1, 0.15) is 10.8 Å². The SMILES string of the molecule is O=C(O)C1CN(C(=O)c2cc(Cl)c(Cl)[nH]2)Cc2ccccc21. The Morgan fingerprint density at radius 3 is 2.64 bits per heavy atom. The van der Waals surface area contributed by atoms with Gasteiger partial charge in [-0.2, -0.15) is 0 Å². The van der Waals surface area contributed by atoms with Crippen LogP contribution in [0.2, 0.25) is 10.2 Å². The molecule has 1 amide bonds. The van der Waals surface area contributed by atoms with E-state index in [0.29, 0.717) is 6.54 Å². The van der Waals surface area contributed by atoms with E-state index in [-0.39, 0.29) is 28.3 Å². The van der Waals surface area contributed by atoms with Crippen molar-refractivity contribution >= 4 is 35.1 Å². The van der Waals surface area contributed by atoms with E-state index in [1.165, 1.54) is 11.0 Å². The second kappa shape index (κ2) is 5.66. The number of H-pyrrole nitrogens is 1. The summed E-state index contributed by atoms with van der Waals surface area (Å²) in [6.45, 7) is 0.465. The Hall–Kier alpha value is -1.98. The summed E-state index contributed by atoms with van der Waals surface area (Å²) < 4.78 is 0. The summed E-state index contributed by atoms with van der Waals surface area (Å²) in [6, 6.07) is 8.70. The van der Waals surface area contributed by atoms with Gasteiger partial charge in [-0.15, -0.1) is 0 Å². The molecule has 1 aliphatic rings. The molecule has 0 saturated heterocycles. The van der Waals surface area contributed by atoms with Crippen molar-refractivity contribution in [3.05, 3.63) is 57.3 Å². The highest BCUT2D eigenvalue weighted by Crippen LogP contribution is 2.30. The Bertz CT molecular complexity index is 737. The fourth-order valence-electron chi connectivity index (χ4n) is 2.66. The van der Waals surface area contributed by atoms with Crippen molar-refractivity contribution in [3.63, 3.8) is 0 Å². The third-order valence-electron chi connectivity index (χ3n) is 3.74. The number of carbonyl (C=O) groups excluding carboxylic acids is 1. The minimum atomic E-state index is -0.951. The van der Waals surface area contributed by atoms with Crippen LogP contribution in [-0.4, -0.2) is 33.4 Å². The third kappa shape index (κ3) is 2.58. The molecule has 2 heterocycles. The number of aliphatic carboxylic acids is 1. The average Bonchev–Trinajstić information content (AvgIpc) is 2.84. The van der Waals surface area contributed by atoms with Gasteiger partial charge in [0.2, 0.25) is 0 Å². The summed E-state index contributed by atoms with van der Waals surface area (Å²) >= 11 is 11.7. The molecule has 1 aliphatic heterocycles. The topological polar surface area (TPSA) is 73.4 Å². The average molecular weight is 339 g/mol. The number of carbonyl (C=O) groups is 2. The first-order valence-corrected chi connectivity index (χ1v) is 7.37. The van der Waals surface area contributed by atoms with Crippen molar-refractivity contribution < 1.29 is 14.7 Å². The van der Waals surface area contributed by atoms with Gasteiger partial charge in [0.25, 0.3) is 5.91 Å². The van der Waals surface area contributed by atoms with Gasteiger partial charge in [-0.3, -0.25) is 9.59 Å². The lowest BCUT2D eigenvalue weighted by atomic mass is 9.89. The van der Waals surface area contributed by atoms with Crippen molar-refractivity contribution in [2.45, 2.75) is 12.5 Å². The Balaban J connectivity index is 1.93. The molecule has 5 nitrogen and oxygen atoms in total. The number of amides is 1. The number of fused-ring (bicyclic) bond motifs is 1. The highest BCUT2D eigenvalue weighted by atomic mass is 35.5. The molecule has 1 atom stereocenters. The summed E-state index contributed by atoms with van der Waals surface area (Å²) in [6.07, 6.45) is 0. The first-order valence-electron chi connectivity index (χ1n) is 6.61. The van der Waals surface area contributed by atoms with Gasteiger partial charge >= 0.3 is 5.97 Å². The zero-order valence-electron chi connectivity index (χ0n) is 11.3. The van der Waals surface area contributed by atoms with Crippen LogP contribution in [-0.2, 0) is 11.3 Å². The molecule has 0 saturated carbocycles. The predicted octanol–water partition coefficient (Wildman–Crippen LogP) is 3.15. The summed E-state index contributed by atoms with van der Waals surface area (Å²) in [5.41, 5.74) is 1.83. The molecule has 0 fully saturated rings. The zero-order chi connectivity index (χ0) is 15.9. The standard InChI is InChI=1S/C15H12Cl2N2O3/c16-11-5-12(18-13(11)17)14(20)19-6-8-3-1-2-4-9(8)10(7-19)15(21)22/h1-5,10,18H,6-7H2,(H,21,22). The van der Waals surface area contributed by atoms with Crippen LogP contribution < -0.4 is 0 Å². The molecule has 0 spiro atoms. The van der Waals surface area contributed by atoms with Crippen LogP contribution in [0.3, 0.4) is 0 Å². The molecule has 1 aromatic heterocycles. The van der Waals surface area contributed by atoms with Crippen molar-refractivity contribution in [3.8, 4) is 0 Å². The molecular weight excluding hydrogens is 327 g/mol. The predicted molar refractivity (Wildman–Crippen MR) is 82.4 cm³/mol. The molecule has 2 N–H and O–H groups in total. The number of halogens is 2. The first-order chi connectivity index (χ1) is 10.5. The van der Waals surface area contributed by atoms with E-state index in [9.17, 15) is 14.7 Å². The molecule has 114 valence electrons. The Labute approximate surface area is 136 Å². The number of benzene rings is 1. The van der Waals surface area contributed by atoms with Crippen LogP contribution in [0, 0.1) is 0 Å². The number of nitrogens with zero attached hydrogens (tertiary/aromatic N) is 1. The number of aromatic amines is 1. The van der Waals surface area contributed by atoms with Gasteiger partial charge in [0.15, 0.2) is 0 Å². The number of hydrogen-bond acceptors (Lipinski definition) is 2. The number of hydrogen-bond donors (Lipinski definition) is 2. The summed E-state index contributed by atoms with van der Waals surface area (Å²) in [4.78, 5) is 28.2. The summed E-state index contributed by atoms with van der Waals surface area (Å²) in [5.74, 6) is -2.02. The van der Waals surface area contributed by atoms with Crippen LogP contribution >= 0.6 is 23.2 Å². The van der Waals surface area contributed by atoms with Gasteiger partial charge in [-0.25, -0.2) is 0 Å². The largest absolute Gasteiger partial charge is 0.481 e. The minimum Gasteiger partial charge on any atom is -0.481 e. The lowest BCUT2D eigenvalue weighted by Crippen LogP contribution is -2.40. The Morgan fingerprint density at radius 1 is 1.27 bits per heavy atom. The molecule has 1 unspecified atom stereocenters. The maximum absolute atomic E-state index is 12.5. The number of carboxylic acids is 1. The quantitative estimate of drug-likeness (QED) is 0.883. The van der Waals surface area contributed by atoms with Crippen LogP contribution in [0.1, 0.15) is 27.5 Å². The second-order valence-electron chi connectivity index (χ2n) is 5.12. The highest BCUT2D eigenvalue weighted by Gasteiger charge is 2.33. The normalized spacial score (nSPS) is 17.2. The third-order valence-corrected chi connectivity index (χ3v) is 4.43. The molecule has 22 heavy (non-hydrogen) atoms. The maximum atomic E-state index is 12.5. The van der Waals surface area contributed by atoms with Crippen molar-refractivity contribution in [2.75, 3.05) is 6.54 Å². The molecular formula is C15H12Cl2N2O3. The van der Waals surface area contributed by atoms with E-state index >= 15 is 0 Å². The van der Waals surface area contributed by atoms with Gasteiger partial charge in [0, 0.05) is 13.1 Å². The summed E-state index contributed by atoms with van der Waals surface area (Å²) in [5, 5.41) is 9.87. The van der Waals surface area contributed by atoms with E-state index in [1.807, 2.05) is 12.1 Å². The van der Waals surface area contributed by atoms with Crippen LogP contribution in [0.25, 0.3) is 0 Å². The van der Waals surface area contributed by atoms with Crippen LogP contribution in [0.5, 0.6) is 0 Å². The van der Waals surface area contributed by atoms with Gasteiger partial charge in [-0.1, -0.05) is 47.5 Å². The lowest BCUT2D eigenvalue weighted by molar-refractivity contribution is -0.139. The Kier molecular flexibility index (Phi) is 3.85. The number of rotatable bonds is 2. The molecule has 0 radical (unpaired) electrons. The zero-order valence-corrected chi connectivity index (χ0v) is 12.9. The van der Waals surface area contributed by atoms with Crippen LogP contribution in [0.15, 0.2) is 30.3 Å². The maximum Gasteiger partial charge on any atom is 0.312 e. The summed E-state index contributed by atoms with van der Waals surface area (Å²) in [7, 11) is 0. The Morgan fingerprint density at radius 2 is 2.00 bits per heavy atom. The first kappa shape index (κ1) is 14.9. The van der Waals surface area contributed by atoms with Gasteiger partial charge in [0.05, 0.1) is 10.9 Å². The van der Waals surface area contributed by atoms with Crippen molar-refractivity contribution in [1.82, 2.24) is 9.88 Å². The van der Waals surface area contributed by atoms with E-state index in [0.717, 1.165) is 11.1 Å². The lowest BCUT2D eigenvalue weighted by Gasteiger charge is -2.32. The molecule has 3 rings (SSSR count). The fraction of sp³-hybridized carbons (Fsp3) is 0.200. The van der Waals surface area contributed by atoms with Crippen molar-refractivity contribution in [2.24, 2.45) is 0 Å². The molecule has 2 aromatic rings. The monoisotopic (exact) mass is 338 g/mol. The highest BCUT2D eigenvalue weighted by molar-refractivity contribution is 6.41. The van der Waals surface area contributed by atoms with Crippen molar-refractivity contribution in [1.29, 1.82) is 0 Å².